The minimum Gasteiger partial charge on any atom is -0.333 e. The van der Waals surface area contributed by atoms with Gasteiger partial charge in [0.05, 0.1) is 12.0 Å². The monoisotopic (exact) mass is 267 g/mol. The van der Waals surface area contributed by atoms with Gasteiger partial charge in [-0.2, -0.15) is 11.8 Å². The summed E-state index contributed by atoms with van der Waals surface area (Å²) in [6.45, 7) is 2.28. The van der Waals surface area contributed by atoms with Crippen molar-refractivity contribution in [2.45, 2.75) is 51.1 Å². The molecule has 0 amide bonds. The lowest BCUT2D eigenvalue weighted by molar-refractivity contribution is 0.391. The molecule has 1 saturated heterocycles. The van der Waals surface area contributed by atoms with Crippen LogP contribution in [0.3, 0.4) is 0 Å². The van der Waals surface area contributed by atoms with E-state index in [4.69, 9.17) is 0 Å². The summed E-state index contributed by atoms with van der Waals surface area (Å²) in [6.07, 6.45) is 14.1. The fraction of sp³-hybridized carbons (Fsp3) is 0.786. The number of nitrogens with zero attached hydrogens (tertiary/aromatic N) is 2. The maximum atomic E-state index is 4.33. The molecule has 1 aliphatic rings. The molecule has 0 radical (unpaired) electrons. The molecular formula is C14H25N3S. The fourth-order valence-corrected chi connectivity index (χ4v) is 3.11. The average Bonchev–Trinajstić information content (AvgIpc) is 2.88. The number of hydrogen-bond donors (Lipinski definition) is 1. The first-order valence-corrected chi connectivity index (χ1v) is 8.53. The predicted octanol–water partition coefficient (Wildman–Crippen LogP) is 3.23. The van der Waals surface area contributed by atoms with Crippen LogP contribution in [-0.2, 0) is 6.54 Å². The van der Waals surface area contributed by atoms with Crippen LogP contribution in [0, 0.1) is 0 Å². The lowest BCUT2D eigenvalue weighted by atomic mass is 10.0. The summed E-state index contributed by atoms with van der Waals surface area (Å²) in [5.74, 6) is 1.29. The molecule has 1 atom stereocenters. The summed E-state index contributed by atoms with van der Waals surface area (Å²) in [5, 5.41) is 3.61. The molecule has 1 aromatic rings. The van der Waals surface area contributed by atoms with Crippen LogP contribution in [0.1, 0.15) is 50.3 Å². The quantitative estimate of drug-likeness (QED) is 0.769. The molecule has 1 fully saturated rings. The molecule has 1 N–H and O–H groups in total. The van der Waals surface area contributed by atoms with Crippen molar-refractivity contribution in [3.05, 3.63) is 18.2 Å². The Bertz CT molecular complexity index is 332. The molecule has 2 heterocycles. The first kappa shape index (κ1) is 13.9. The van der Waals surface area contributed by atoms with Gasteiger partial charge in [-0.15, -0.1) is 0 Å². The van der Waals surface area contributed by atoms with Gasteiger partial charge in [0.2, 0.25) is 0 Å². The molecule has 3 nitrogen and oxygen atoms in total. The zero-order valence-electron chi connectivity index (χ0n) is 11.4. The number of aryl methyl sites for hydroxylation is 1. The topological polar surface area (TPSA) is 29.9 Å². The van der Waals surface area contributed by atoms with Gasteiger partial charge in [-0.05, 0) is 44.2 Å². The number of hydrogen-bond acceptors (Lipinski definition) is 3. The Labute approximate surface area is 115 Å². The molecular weight excluding hydrogens is 242 g/mol. The van der Waals surface area contributed by atoms with Crippen LogP contribution < -0.4 is 5.32 Å². The molecule has 1 aromatic heterocycles. The molecule has 4 heteroatoms. The van der Waals surface area contributed by atoms with Gasteiger partial charge in [0.15, 0.2) is 0 Å². The molecule has 1 aliphatic heterocycles. The number of piperidine rings is 1. The lowest BCUT2D eigenvalue weighted by Crippen LogP contribution is -2.28. The Morgan fingerprint density at radius 3 is 3.11 bits per heavy atom. The maximum absolute atomic E-state index is 4.33. The Balaban J connectivity index is 1.79. The van der Waals surface area contributed by atoms with Crippen LogP contribution in [0.4, 0.5) is 0 Å². The molecule has 0 aliphatic carbocycles. The Hall–Kier alpha value is -0.480. The van der Waals surface area contributed by atoms with E-state index in [-0.39, 0.29) is 0 Å². The van der Waals surface area contributed by atoms with E-state index in [0.717, 1.165) is 13.1 Å². The third-order valence-electron chi connectivity index (χ3n) is 3.66. The average molecular weight is 267 g/mol. The van der Waals surface area contributed by atoms with Gasteiger partial charge in [-0.3, -0.25) is 0 Å². The van der Waals surface area contributed by atoms with Crippen LogP contribution in [0.5, 0.6) is 0 Å². The molecule has 0 aromatic carbocycles. The van der Waals surface area contributed by atoms with E-state index >= 15 is 0 Å². The van der Waals surface area contributed by atoms with E-state index < -0.39 is 0 Å². The van der Waals surface area contributed by atoms with Crippen LogP contribution >= 0.6 is 11.8 Å². The third kappa shape index (κ3) is 4.02. The van der Waals surface area contributed by atoms with Gasteiger partial charge in [-0.25, -0.2) is 4.98 Å². The van der Waals surface area contributed by atoms with Gasteiger partial charge in [0, 0.05) is 18.8 Å². The molecule has 0 spiro atoms. The van der Waals surface area contributed by atoms with E-state index in [2.05, 4.69) is 21.1 Å². The number of rotatable bonds is 7. The maximum Gasteiger partial charge on any atom is 0.0948 e. The molecule has 0 bridgehead atoms. The van der Waals surface area contributed by atoms with Crippen LogP contribution in [0.15, 0.2) is 12.5 Å². The Morgan fingerprint density at radius 2 is 2.33 bits per heavy atom. The minimum absolute atomic E-state index is 0.535. The molecule has 18 heavy (non-hydrogen) atoms. The number of nitrogens with one attached hydrogen (secondary N) is 1. The zero-order valence-corrected chi connectivity index (χ0v) is 12.2. The second-order valence-corrected chi connectivity index (χ2v) is 6.05. The van der Waals surface area contributed by atoms with E-state index in [1.54, 1.807) is 0 Å². The van der Waals surface area contributed by atoms with Gasteiger partial charge in [-0.1, -0.05) is 12.8 Å². The smallest absolute Gasteiger partial charge is 0.0948 e. The second kappa shape index (κ2) is 7.85. The van der Waals surface area contributed by atoms with E-state index in [1.807, 2.05) is 24.3 Å². The highest BCUT2D eigenvalue weighted by Crippen LogP contribution is 2.22. The summed E-state index contributed by atoms with van der Waals surface area (Å²) in [4.78, 5) is 4.33. The van der Waals surface area contributed by atoms with Crippen molar-refractivity contribution in [3.8, 4) is 0 Å². The van der Waals surface area contributed by atoms with Crippen molar-refractivity contribution < 1.29 is 0 Å². The highest BCUT2D eigenvalue weighted by atomic mass is 32.2. The summed E-state index contributed by atoms with van der Waals surface area (Å²) < 4.78 is 2.35. The number of aromatic nitrogens is 2. The molecule has 2 rings (SSSR count). The SMILES string of the molecule is CSCCCCCn1cncc1C1CCCCN1. The van der Waals surface area contributed by atoms with E-state index in [1.165, 1.54) is 50.0 Å². The van der Waals surface area contributed by atoms with Crippen molar-refractivity contribution in [2.75, 3.05) is 18.6 Å². The normalized spacial score (nSPS) is 20.2. The Kier molecular flexibility index (Phi) is 6.08. The first-order valence-electron chi connectivity index (χ1n) is 7.14. The lowest BCUT2D eigenvalue weighted by Gasteiger charge is -2.24. The van der Waals surface area contributed by atoms with Crippen molar-refractivity contribution in [2.24, 2.45) is 0 Å². The molecule has 102 valence electrons. The van der Waals surface area contributed by atoms with Crippen LogP contribution in [0.25, 0.3) is 0 Å². The highest BCUT2D eigenvalue weighted by Gasteiger charge is 2.17. The van der Waals surface area contributed by atoms with Crippen LogP contribution in [0.2, 0.25) is 0 Å². The highest BCUT2D eigenvalue weighted by molar-refractivity contribution is 7.98. The number of unbranched alkanes of at least 4 members (excludes halogenated alkanes) is 2. The van der Waals surface area contributed by atoms with Crippen molar-refractivity contribution in [3.63, 3.8) is 0 Å². The third-order valence-corrected chi connectivity index (χ3v) is 4.36. The minimum atomic E-state index is 0.535. The molecule has 0 saturated carbocycles. The van der Waals surface area contributed by atoms with Gasteiger partial charge >= 0.3 is 0 Å². The van der Waals surface area contributed by atoms with E-state index in [9.17, 15) is 0 Å². The van der Waals surface area contributed by atoms with Gasteiger partial charge < -0.3 is 9.88 Å². The number of imidazole rings is 1. The summed E-state index contributed by atoms with van der Waals surface area (Å²) >= 11 is 1.95. The predicted molar refractivity (Wildman–Crippen MR) is 79.1 cm³/mol. The zero-order chi connectivity index (χ0) is 12.6. The summed E-state index contributed by atoms with van der Waals surface area (Å²) in [5.41, 5.74) is 1.39. The van der Waals surface area contributed by atoms with Crippen molar-refractivity contribution in [1.82, 2.24) is 14.9 Å². The largest absolute Gasteiger partial charge is 0.333 e. The standard InChI is InChI=1S/C14H25N3S/c1-18-10-6-2-5-9-17-12-15-11-14(17)13-7-3-4-8-16-13/h11-13,16H,2-10H2,1H3. The Morgan fingerprint density at radius 1 is 1.39 bits per heavy atom. The fourth-order valence-electron chi connectivity index (χ4n) is 2.62. The van der Waals surface area contributed by atoms with Crippen molar-refractivity contribution >= 4 is 11.8 Å². The number of thioether (sulfide) groups is 1. The molecule has 1 unspecified atom stereocenters. The van der Waals surface area contributed by atoms with Gasteiger partial charge in [0.1, 0.15) is 0 Å². The van der Waals surface area contributed by atoms with Crippen LogP contribution in [-0.4, -0.2) is 28.1 Å². The second-order valence-electron chi connectivity index (χ2n) is 5.07. The first-order chi connectivity index (χ1) is 8.92. The summed E-state index contributed by atoms with van der Waals surface area (Å²) in [6, 6.07) is 0.535. The van der Waals surface area contributed by atoms with Crippen molar-refractivity contribution in [1.29, 1.82) is 0 Å². The summed E-state index contributed by atoms with van der Waals surface area (Å²) in [7, 11) is 0. The van der Waals surface area contributed by atoms with Gasteiger partial charge in [0.25, 0.3) is 0 Å². The van der Waals surface area contributed by atoms with E-state index in [0.29, 0.717) is 6.04 Å².